The number of nitrogens with zero attached hydrogens (tertiary/aromatic N) is 1. The molecule has 4 rings (SSSR count). The summed E-state index contributed by atoms with van der Waals surface area (Å²) in [7, 11) is -9.03. The van der Waals surface area contributed by atoms with Crippen LogP contribution in [0.5, 0.6) is 0 Å². The SMILES string of the molecule is O=C(c1ccccc1)N1CCC(NS(=O)(=O)c2cc(S(=O)(=O)c3ccccc3)ccc2C(F)(F)F)CC1. The van der Waals surface area contributed by atoms with Crippen molar-refractivity contribution in [3.05, 3.63) is 90.0 Å². The molecule has 1 amide bonds. The summed E-state index contributed by atoms with van der Waals surface area (Å²) in [6.45, 7) is 0.408. The van der Waals surface area contributed by atoms with Gasteiger partial charge in [-0.05, 0) is 55.3 Å². The summed E-state index contributed by atoms with van der Waals surface area (Å²) in [4.78, 5) is 12.3. The van der Waals surface area contributed by atoms with E-state index < -0.39 is 47.4 Å². The molecule has 0 bridgehead atoms. The quantitative estimate of drug-likeness (QED) is 0.496. The average molecular weight is 553 g/mol. The van der Waals surface area contributed by atoms with E-state index in [1.165, 1.54) is 24.3 Å². The highest BCUT2D eigenvalue weighted by molar-refractivity contribution is 7.91. The van der Waals surface area contributed by atoms with E-state index in [-0.39, 0.29) is 36.7 Å². The monoisotopic (exact) mass is 552 g/mol. The van der Waals surface area contributed by atoms with Crippen molar-refractivity contribution in [3.8, 4) is 0 Å². The molecule has 196 valence electrons. The van der Waals surface area contributed by atoms with Crippen LogP contribution >= 0.6 is 0 Å². The van der Waals surface area contributed by atoms with E-state index in [0.29, 0.717) is 17.7 Å². The van der Waals surface area contributed by atoms with Crippen LogP contribution in [0.4, 0.5) is 13.2 Å². The van der Waals surface area contributed by atoms with Crippen molar-refractivity contribution >= 4 is 25.8 Å². The predicted octanol–water partition coefficient (Wildman–Crippen LogP) is 4.12. The second-order valence-corrected chi connectivity index (χ2v) is 12.2. The van der Waals surface area contributed by atoms with Crippen LogP contribution in [-0.2, 0) is 26.0 Å². The molecular formula is C25H23F3N2O5S2. The van der Waals surface area contributed by atoms with Crippen LogP contribution in [0.15, 0.2) is 93.5 Å². The zero-order chi connectivity index (χ0) is 26.8. The number of carbonyl (C=O) groups excluding carboxylic acids is 1. The van der Waals surface area contributed by atoms with Crippen LogP contribution in [0.1, 0.15) is 28.8 Å². The third kappa shape index (κ3) is 5.86. The lowest BCUT2D eigenvalue weighted by Gasteiger charge is -2.32. The topological polar surface area (TPSA) is 101 Å². The van der Waals surface area contributed by atoms with Gasteiger partial charge in [0.1, 0.15) is 0 Å². The lowest BCUT2D eigenvalue weighted by atomic mass is 10.0. The first kappa shape index (κ1) is 26.8. The maximum absolute atomic E-state index is 13.7. The smallest absolute Gasteiger partial charge is 0.339 e. The molecule has 1 aliphatic heterocycles. The minimum atomic E-state index is -5.04. The highest BCUT2D eigenvalue weighted by Gasteiger charge is 2.39. The van der Waals surface area contributed by atoms with Gasteiger partial charge in [0, 0.05) is 24.7 Å². The molecule has 0 unspecified atom stereocenters. The number of halogens is 3. The van der Waals surface area contributed by atoms with Crippen LogP contribution in [0.3, 0.4) is 0 Å². The van der Waals surface area contributed by atoms with Gasteiger partial charge in [0.2, 0.25) is 19.9 Å². The number of carbonyl (C=O) groups is 1. The van der Waals surface area contributed by atoms with Gasteiger partial charge in [-0.1, -0.05) is 36.4 Å². The summed E-state index contributed by atoms with van der Waals surface area (Å²) in [6.07, 6.45) is -4.67. The van der Waals surface area contributed by atoms with Crippen molar-refractivity contribution in [2.45, 2.75) is 39.7 Å². The molecule has 0 aromatic heterocycles. The van der Waals surface area contributed by atoms with Crippen LogP contribution in [0.2, 0.25) is 0 Å². The average Bonchev–Trinajstić information content (AvgIpc) is 2.88. The first-order chi connectivity index (χ1) is 17.4. The number of sulfone groups is 1. The zero-order valence-electron chi connectivity index (χ0n) is 19.4. The largest absolute Gasteiger partial charge is 0.417 e. The third-order valence-electron chi connectivity index (χ3n) is 6.04. The van der Waals surface area contributed by atoms with Gasteiger partial charge in [-0.25, -0.2) is 21.6 Å². The van der Waals surface area contributed by atoms with Gasteiger partial charge in [-0.2, -0.15) is 13.2 Å². The van der Waals surface area contributed by atoms with E-state index in [0.717, 1.165) is 6.07 Å². The molecule has 3 aromatic carbocycles. The molecule has 1 heterocycles. The molecule has 0 spiro atoms. The van der Waals surface area contributed by atoms with E-state index in [2.05, 4.69) is 4.72 Å². The van der Waals surface area contributed by atoms with Crippen molar-refractivity contribution in [1.29, 1.82) is 0 Å². The first-order valence-corrected chi connectivity index (χ1v) is 14.2. The van der Waals surface area contributed by atoms with Gasteiger partial charge in [-0.3, -0.25) is 4.79 Å². The van der Waals surface area contributed by atoms with Crippen molar-refractivity contribution < 1.29 is 34.8 Å². The van der Waals surface area contributed by atoms with Gasteiger partial charge in [0.15, 0.2) is 0 Å². The number of hydrogen-bond donors (Lipinski definition) is 1. The summed E-state index contributed by atoms with van der Waals surface area (Å²) in [5.41, 5.74) is -0.989. The van der Waals surface area contributed by atoms with E-state index in [4.69, 9.17) is 0 Å². The van der Waals surface area contributed by atoms with Gasteiger partial charge < -0.3 is 4.90 Å². The highest BCUT2D eigenvalue weighted by atomic mass is 32.2. The van der Waals surface area contributed by atoms with Crippen LogP contribution in [0, 0.1) is 0 Å². The van der Waals surface area contributed by atoms with Gasteiger partial charge in [-0.15, -0.1) is 0 Å². The van der Waals surface area contributed by atoms with E-state index in [1.807, 2.05) is 0 Å². The molecule has 1 N–H and O–H groups in total. The summed E-state index contributed by atoms with van der Waals surface area (Å²) in [6, 6.07) is 16.6. The minimum Gasteiger partial charge on any atom is -0.339 e. The zero-order valence-corrected chi connectivity index (χ0v) is 21.0. The maximum Gasteiger partial charge on any atom is 0.417 e. The summed E-state index contributed by atoms with van der Waals surface area (Å²) < 4.78 is 95.6. The number of piperidine rings is 1. The number of likely N-dealkylation sites (tertiary alicyclic amines) is 1. The molecule has 7 nitrogen and oxygen atoms in total. The van der Waals surface area contributed by atoms with Crippen molar-refractivity contribution in [3.63, 3.8) is 0 Å². The Hall–Kier alpha value is -3.22. The lowest BCUT2D eigenvalue weighted by molar-refractivity contribution is -0.139. The molecule has 0 radical (unpaired) electrons. The maximum atomic E-state index is 13.7. The van der Waals surface area contributed by atoms with Gasteiger partial charge in [0.05, 0.1) is 20.2 Å². The minimum absolute atomic E-state index is 0.179. The Morgan fingerprint density at radius 2 is 1.38 bits per heavy atom. The molecule has 0 aliphatic carbocycles. The van der Waals surface area contributed by atoms with Crippen molar-refractivity contribution in [1.82, 2.24) is 9.62 Å². The molecular weight excluding hydrogens is 529 g/mol. The van der Waals surface area contributed by atoms with Crippen LogP contribution in [-0.4, -0.2) is 46.8 Å². The molecule has 1 aliphatic rings. The number of nitrogens with one attached hydrogen (secondary N) is 1. The number of amides is 1. The number of rotatable bonds is 6. The van der Waals surface area contributed by atoms with Crippen LogP contribution < -0.4 is 4.72 Å². The molecule has 12 heteroatoms. The van der Waals surface area contributed by atoms with E-state index >= 15 is 0 Å². The molecule has 37 heavy (non-hydrogen) atoms. The number of hydrogen-bond acceptors (Lipinski definition) is 5. The number of alkyl halides is 3. The summed E-state index contributed by atoms with van der Waals surface area (Å²) >= 11 is 0. The fraction of sp³-hybridized carbons (Fsp3) is 0.240. The standard InChI is InChI=1S/C25H23F3N2O5S2/c26-25(27,28)22-12-11-21(36(32,33)20-9-5-2-6-10-20)17-23(22)37(34,35)29-19-13-15-30(16-14-19)24(31)18-7-3-1-4-8-18/h1-12,17,19,29H,13-16H2. The Labute approximate surface area is 212 Å². The van der Waals surface area contributed by atoms with Gasteiger partial charge in [0.25, 0.3) is 5.91 Å². The van der Waals surface area contributed by atoms with Crippen LogP contribution in [0.25, 0.3) is 0 Å². The molecule has 1 fully saturated rings. The fourth-order valence-electron chi connectivity index (χ4n) is 4.11. The molecule has 3 aromatic rings. The predicted molar refractivity (Wildman–Crippen MR) is 129 cm³/mol. The molecule has 0 saturated carbocycles. The lowest BCUT2D eigenvalue weighted by Crippen LogP contribution is -2.46. The molecule has 0 atom stereocenters. The Morgan fingerprint density at radius 3 is 1.95 bits per heavy atom. The Morgan fingerprint density at radius 1 is 0.811 bits per heavy atom. The second kappa shape index (κ2) is 10.3. The highest BCUT2D eigenvalue weighted by Crippen LogP contribution is 2.36. The number of benzene rings is 3. The van der Waals surface area contributed by atoms with Crippen molar-refractivity contribution in [2.75, 3.05) is 13.1 Å². The normalized spacial score (nSPS) is 15.5. The van der Waals surface area contributed by atoms with E-state index in [1.54, 1.807) is 41.3 Å². The Kier molecular flexibility index (Phi) is 7.45. The Balaban J connectivity index is 1.58. The fourth-order valence-corrected chi connectivity index (χ4v) is 7.05. The summed E-state index contributed by atoms with van der Waals surface area (Å²) in [5.74, 6) is -0.222. The van der Waals surface area contributed by atoms with Gasteiger partial charge >= 0.3 is 6.18 Å². The van der Waals surface area contributed by atoms with Crippen molar-refractivity contribution in [2.24, 2.45) is 0 Å². The van der Waals surface area contributed by atoms with E-state index in [9.17, 15) is 34.8 Å². The third-order valence-corrected chi connectivity index (χ3v) is 9.36. The Bertz CT molecular complexity index is 1490. The number of sulfonamides is 1. The summed E-state index contributed by atoms with van der Waals surface area (Å²) in [5, 5.41) is 0. The molecule has 1 saturated heterocycles. The first-order valence-electron chi connectivity index (χ1n) is 11.3. The second-order valence-electron chi connectivity index (χ2n) is 8.53.